The molecule has 2 aromatic rings. The summed E-state index contributed by atoms with van der Waals surface area (Å²) in [5.41, 5.74) is -0.440. The van der Waals surface area contributed by atoms with Gasteiger partial charge in [-0.3, -0.25) is 14.9 Å². The minimum Gasteiger partial charge on any atom is -0.504 e. The zero-order valence-electron chi connectivity index (χ0n) is 14.7. The number of benzene rings is 2. The average molecular weight is 395 g/mol. The molecule has 0 spiro atoms. The SMILES string of the molecule is COc1cc(C(=O)/C=C/c2cc(OC)c(OC(F)F)cc2[N+](=O)[O-])ccc1O. The van der Waals surface area contributed by atoms with E-state index in [0.717, 1.165) is 24.3 Å². The van der Waals surface area contributed by atoms with Crippen molar-refractivity contribution in [3.8, 4) is 23.0 Å². The van der Waals surface area contributed by atoms with E-state index < -0.39 is 28.8 Å². The summed E-state index contributed by atoms with van der Waals surface area (Å²) in [6.45, 7) is -3.19. The van der Waals surface area contributed by atoms with E-state index in [1.807, 2.05) is 0 Å². The normalized spacial score (nSPS) is 10.9. The first-order valence-electron chi connectivity index (χ1n) is 7.67. The van der Waals surface area contributed by atoms with Gasteiger partial charge in [-0.05, 0) is 36.4 Å². The van der Waals surface area contributed by atoms with Gasteiger partial charge in [-0.2, -0.15) is 8.78 Å². The molecule has 0 aliphatic rings. The summed E-state index contributed by atoms with van der Waals surface area (Å²) in [5.74, 6) is -1.27. The fourth-order valence-electron chi connectivity index (χ4n) is 2.30. The van der Waals surface area contributed by atoms with Crippen LogP contribution in [0.5, 0.6) is 23.0 Å². The number of methoxy groups -OCH3 is 2. The van der Waals surface area contributed by atoms with Gasteiger partial charge in [0.15, 0.2) is 28.8 Å². The van der Waals surface area contributed by atoms with E-state index in [1.165, 1.54) is 32.4 Å². The fourth-order valence-corrected chi connectivity index (χ4v) is 2.30. The molecular weight excluding hydrogens is 380 g/mol. The van der Waals surface area contributed by atoms with Crippen LogP contribution >= 0.6 is 0 Å². The molecule has 0 aliphatic heterocycles. The number of alkyl halides is 2. The lowest BCUT2D eigenvalue weighted by molar-refractivity contribution is -0.385. The number of hydrogen-bond donors (Lipinski definition) is 1. The number of phenolic OH excluding ortho intramolecular Hbond substituents is 1. The number of rotatable bonds is 8. The van der Waals surface area contributed by atoms with Crippen molar-refractivity contribution in [1.29, 1.82) is 0 Å². The van der Waals surface area contributed by atoms with E-state index in [2.05, 4.69) is 4.74 Å². The van der Waals surface area contributed by atoms with Gasteiger partial charge < -0.3 is 19.3 Å². The van der Waals surface area contributed by atoms with Gasteiger partial charge in [0.2, 0.25) is 0 Å². The summed E-state index contributed by atoms with van der Waals surface area (Å²) in [7, 11) is 2.50. The molecule has 0 aliphatic carbocycles. The summed E-state index contributed by atoms with van der Waals surface area (Å²) < 4.78 is 39.0. The Morgan fingerprint density at radius 2 is 1.82 bits per heavy atom. The number of aromatic hydroxyl groups is 1. The summed E-state index contributed by atoms with van der Waals surface area (Å²) in [5, 5.41) is 20.8. The minimum absolute atomic E-state index is 0.0532. The van der Waals surface area contributed by atoms with E-state index in [9.17, 15) is 28.8 Å². The maximum Gasteiger partial charge on any atom is 0.387 e. The average Bonchev–Trinajstić information content (AvgIpc) is 2.66. The number of nitro benzene ring substituents is 1. The third-order valence-corrected chi connectivity index (χ3v) is 3.60. The molecule has 0 amide bonds. The molecule has 0 unspecified atom stereocenters. The Bertz CT molecular complexity index is 928. The number of halogens is 2. The van der Waals surface area contributed by atoms with Crippen molar-refractivity contribution in [3.05, 3.63) is 57.6 Å². The highest BCUT2D eigenvalue weighted by Gasteiger charge is 2.20. The molecule has 0 radical (unpaired) electrons. The largest absolute Gasteiger partial charge is 0.504 e. The van der Waals surface area contributed by atoms with Crippen molar-refractivity contribution in [2.45, 2.75) is 6.61 Å². The maximum absolute atomic E-state index is 12.5. The molecule has 0 atom stereocenters. The number of hydrogen-bond acceptors (Lipinski definition) is 7. The lowest BCUT2D eigenvalue weighted by atomic mass is 10.1. The van der Waals surface area contributed by atoms with Crippen LogP contribution in [0.3, 0.4) is 0 Å². The number of phenols is 1. The molecule has 0 heterocycles. The van der Waals surface area contributed by atoms with Gasteiger partial charge in [0.1, 0.15) is 0 Å². The highest BCUT2D eigenvalue weighted by molar-refractivity contribution is 6.07. The van der Waals surface area contributed by atoms with Crippen molar-refractivity contribution in [3.63, 3.8) is 0 Å². The van der Waals surface area contributed by atoms with Gasteiger partial charge in [-0.1, -0.05) is 0 Å². The van der Waals surface area contributed by atoms with Gasteiger partial charge in [0, 0.05) is 5.56 Å². The van der Waals surface area contributed by atoms with Gasteiger partial charge in [-0.25, -0.2) is 0 Å². The molecule has 148 valence electrons. The second kappa shape index (κ2) is 8.80. The number of nitrogens with zero attached hydrogens (tertiary/aromatic N) is 1. The van der Waals surface area contributed by atoms with Crippen LogP contribution in [0.2, 0.25) is 0 Å². The Morgan fingerprint density at radius 1 is 1.14 bits per heavy atom. The summed E-state index contributed by atoms with van der Waals surface area (Å²) in [6.07, 6.45) is 2.20. The smallest absolute Gasteiger partial charge is 0.387 e. The first-order chi connectivity index (χ1) is 13.3. The standard InChI is InChI=1S/C18H15F2NO7/c1-26-15-8-11(4-6-14(15)23)13(22)5-3-10-7-16(27-2)17(28-18(19)20)9-12(10)21(24)25/h3-9,18,23H,1-2H3/b5-3+. The molecule has 2 rings (SSSR count). The quantitative estimate of drug-likeness (QED) is 0.313. The van der Waals surface area contributed by atoms with Crippen LogP contribution in [0.25, 0.3) is 6.08 Å². The molecule has 0 aromatic heterocycles. The molecule has 10 heteroatoms. The molecule has 1 N–H and O–H groups in total. The van der Waals surface area contributed by atoms with E-state index in [-0.39, 0.29) is 28.4 Å². The Kier molecular flexibility index (Phi) is 6.48. The van der Waals surface area contributed by atoms with Gasteiger partial charge in [0.25, 0.3) is 5.69 Å². The van der Waals surface area contributed by atoms with Gasteiger partial charge in [0.05, 0.1) is 30.8 Å². The molecule has 2 aromatic carbocycles. The highest BCUT2D eigenvalue weighted by atomic mass is 19.3. The molecular formula is C18H15F2NO7. The summed E-state index contributed by atoms with van der Waals surface area (Å²) in [6, 6.07) is 5.81. The van der Waals surface area contributed by atoms with E-state index in [0.29, 0.717) is 0 Å². The number of nitro groups is 1. The number of ketones is 1. The van der Waals surface area contributed by atoms with Crippen LogP contribution in [-0.2, 0) is 0 Å². The predicted molar refractivity (Wildman–Crippen MR) is 94.3 cm³/mol. The zero-order valence-corrected chi connectivity index (χ0v) is 14.7. The third-order valence-electron chi connectivity index (χ3n) is 3.60. The van der Waals surface area contributed by atoms with Crippen LogP contribution in [0, 0.1) is 10.1 Å². The zero-order chi connectivity index (χ0) is 20.8. The van der Waals surface area contributed by atoms with Crippen molar-refractivity contribution >= 4 is 17.5 Å². The Morgan fingerprint density at radius 3 is 2.39 bits per heavy atom. The molecule has 0 bridgehead atoms. The highest BCUT2D eigenvalue weighted by Crippen LogP contribution is 2.36. The molecule has 28 heavy (non-hydrogen) atoms. The second-order valence-corrected chi connectivity index (χ2v) is 5.28. The first kappa shape index (κ1) is 20.6. The first-order valence-corrected chi connectivity index (χ1v) is 7.67. The Hall–Kier alpha value is -3.69. The summed E-state index contributed by atoms with van der Waals surface area (Å²) >= 11 is 0. The Balaban J connectivity index is 2.41. The molecule has 0 fully saturated rings. The molecule has 0 saturated carbocycles. The van der Waals surface area contributed by atoms with E-state index >= 15 is 0 Å². The monoisotopic (exact) mass is 395 g/mol. The van der Waals surface area contributed by atoms with Gasteiger partial charge in [-0.15, -0.1) is 0 Å². The van der Waals surface area contributed by atoms with E-state index in [1.54, 1.807) is 0 Å². The van der Waals surface area contributed by atoms with Crippen molar-refractivity contribution in [2.75, 3.05) is 14.2 Å². The van der Waals surface area contributed by atoms with Crippen LogP contribution in [0.4, 0.5) is 14.5 Å². The van der Waals surface area contributed by atoms with Crippen molar-refractivity contribution in [1.82, 2.24) is 0 Å². The lowest BCUT2D eigenvalue weighted by Crippen LogP contribution is -2.05. The van der Waals surface area contributed by atoms with Crippen LogP contribution in [0.1, 0.15) is 15.9 Å². The third kappa shape index (κ3) is 4.72. The number of ether oxygens (including phenoxy) is 3. The fraction of sp³-hybridized carbons (Fsp3) is 0.167. The lowest BCUT2D eigenvalue weighted by Gasteiger charge is -2.10. The van der Waals surface area contributed by atoms with Crippen molar-refractivity contribution < 1.29 is 37.8 Å². The number of carbonyl (C=O) groups is 1. The van der Waals surface area contributed by atoms with Gasteiger partial charge >= 0.3 is 6.61 Å². The van der Waals surface area contributed by atoms with Crippen LogP contribution < -0.4 is 14.2 Å². The minimum atomic E-state index is -3.19. The van der Waals surface area contributed by atoms with Crippen LogP contribution in [-0.4, -0.2) is 36.6 Å². The summed E-state index contributed by atoms with van der Waals surface area (Å²) in [4.78, 5) is 22.8. The van der Waals surface area contributed by atoms with Crippen molar-refractivity contribution in [2.24, 2.45) is 0 Å². The molecule has 0 saturated heterocycles. The number of carbonyl (C=O) groups excluding carboxylic acids is 1. The second-order valence-electron chi connectivity index (χ2n) is 5.28. The topological polar surface area (TPSA) is 108 Å². The molecule has 8 nitrogen and oxygen atoms in total. The van der Waals surface area contributed by atoms with Crippen LogP contribution in [0.15, 0.2) is 36.4 Å². The predicted octanol–water partition coefficient (Wildman–Crippen LogP) is 3.82. The Labute approximate surface area is 157 Å². The maximum atomic E-state index is 12.5. The van der Waals surface area contributed by atoms with E-state index in [4.69, 9.17) is 9.47 Å². The number of allylic oxidation sites excluding steroid dienone is 1.